The zero-order chi connectivity index (χ0) is 18.5. The van der Waals surface area contributed by atoms with Crippen LogP contribution in [0.5, 0.6) is 0 Å². The lowest BCUT2D eigenvalue weighted by atomic mass is 10.1. The molecule has 0 aliphatic rings. The third-order valence-corrected chi connectivity index (χ3v) is 10.1. The van der Waals surface area contributed by atoms with Gasteiger partial charge in [0.1, 0.15) is 4.99 Å². The van der Waals surface area contributed by atoms with Gasteiger partial charge < -0.3 is 4.90 Å². The normalized spacial score (nSPS) is 14.6. The van der Waals surface area contributed by atoms with Gasteiger partial charge in [0.2, 0.25) is 0 Å². The van der Waals surface area contributed by atoms with E-state index in [4.69, 9.17) is 12.2 Å². The van der Waals surface area contributed by atoms with Crippen LogP contribution in [-0.2, 0) is 4.57 Å². The van der Waals surface area contributed by atoms with Gasteiger partial charge in [-0.15, -0.1) is 0 Å². The molecular formula is C16H26N3O2PS2. The molecule has 0 saturated heterocycles. The summed E-state index contributed by atoms with van der Waals surface area (Å²) < 4.78 is 14.8. The number of benzene rings is 1. The highest BCUT2D eigenvalue weighted by Gasteiger charge is 2.31. The van der Waals surface area contributed by atoms with Crippen molar-refractivity contribution in [3.05, 3.63) is 35.4 Å². The fraction of sp³-hybridized carbons (Fsp3) is 0.500. The van der Waals surface area contributed by atoms with Crippen LogP contribution < -0.4 is 5.09 Å². The molecule has 8 heteroatoms. The Bertz CT molecular complexity index is 635. The highest BCUT2D eigenvalue weighted by molar-refractivity contribution is 8.57. The van der Waals surface area contributed by atoms with Crippen LogP contribution in [0, 0.1) is 0 Å². The Balaban J connectivity index is 2.99. The third kappa shape index (κ3) is 5.06. The van der Waals surface area contributed by atoms with Gasteiger partial charge in [0.15, 0.2) is 0 Å². The molecule has 5 nitrogen and oxygen atoms in total. The number of thiocarbonyl (C=S) groups is 1. The molecule has 0 radical (unpaired) electrons. The van der Waals surface area contributed by atoms with E-state index in [1.54, 1.807) is 57.1 Å². The van der Waals surface area contributed by atoms with Crippen LogP contribution in [0.4, 0.5) is 0 Å². The first kappa shape index (κ1) is 21.2. The molecule has 0 bridgehead atoms. The Kier molecular flexibility index (Phi) is 7.93. The number of rotatable bonds is 7. The van der Waals surface area contributed by atoms with Gasteiger partial charge in [-0.1, -0.05) is 49.6 Å². The van der Waals surface area contributed by atoms with Crippen LogP contribution in [0.15, 0.2) is 24.3 Å². The second kappa shape index (κ2) is 8.99. The molecule has 1 aromatic carbocycles. The molecule has 1 amide bonds. The average molecular weight is 388 g/mol. The quantitative estimate of drug-likeness (QED) is 0.566. The number of hydrogen-bond acceptors (Lipinski definition) is 4. The number of amides is 1. The molecule has 24 heavy (non-hydrogen) atoms. The zero-order valence-corrected chi connectivity index (χ0v) is 17.6. The second-order valence-corrected chi connectivity index (χ2v) is 11.3. The standard InChI is InChI=1S/C16H26N3O2PS2/c1-7-12(2)24-22(21,17-3)19(6)16(23)14-10-8-13(9-11-14)15(20)18(4)5/h8-12H,7H2,1-6H3,(H,17,21). The van der Waals surface area contributed by atoms with Gasteiger partial charge in [-0.2, -0.15) is 0 Å². The highest BCUT2D eigenvalue weighted by Crippen LogP contribution is 2.59. The average Bonchev–Trinajstić information content (AvgIpc) is 2.59. The molecule has 2 unspecified atom stereocenters. The number of carbonyl (C=O) groups excluding carboxylic acids is 1. The summed E-state index contributed by atoms with van der Waals surface area (Å²) in [6, 6.07) is 7.07. The summed E-state index contributed by atoms with van der Waals surface area (Å²) in [5.74, 6) is -0.0611. The number of nitrogens with zero attached hydrogens (tertiary/aromatic N) is 2. The topological polar surface area (TPSA) is 52.7 Å². The number of hydrogen-bond donors (Lipinski definition) is 1. The smallest absolute Gasteiger partial charge is 0.293 e. The molecule has 1 rings (SSSR count). The predicted octanol–water partition coefficient (Wildman–Crippen LogP) is 3.85. The van der Waals surface area contributed by atoms with Crippen LogP contribution in [0.1, 0.15) is 36.2 Å². The van der Waals surface area contributed by atoms with Crippen molar-refractivity contribution >= 4 is 41.1 Å². The van der Waals surface area contributed by atoms with Crippen molar-refractivity contribution in [3.8, 4) is 0 Å². The summed E-state index contributed by atoms with van der Waals surface area (Å²) in [5, 5.41) is 3.19. The largest absolute Gasteiger partial charge is 0.345 e. The minimum absolute atomic E-state index is 0.0611. The molecule has 0 fully saturated rings. The Morgan fingerprint density at radius 2 is 1.75 bits per heavy atom. The maximum absolute atomic E-state index is 13.2. The summed E-state index contributed by atoms with van der Waals surface area (Å²) in [4.78, 5) is 14.0. The molecule has 0 saturated carbocycles. The molecular weight excluding hydrogens is 361 g/mol. The van der Waals surface area contributed by atoms with Crippen molar-refractivity contribution in [1.29, 1.82) is 0 Å². The number of carbonyl (C=O) groups is 1. The van der Waals surface area contributed by atoms with E-state index in [2.05, 4.69) is 12.0 Å². The van der Waals surface area contributed by atoms with Gasteiger partial charge in [0.25, 0.3) is 12.6 Å². The second-order valence-electron chi connectivity index (χ2n) is 5.67. The van der Waals surface area contributed by atoms with Crippen molar-refractivity contribution < 1.29 is 9.36 Å². The first-order valence-corrected chi connectivity index (χ1v) is 11.3. The van der Waals surface area contributed by atoms with E-state index in [-0.39, 0.29) is 11.2 Å². The SMILES string of the molecule is CCC(C)SP(=O)(NC)N(C)C(=S)c1ccc(C(=O)N(C)C)cc1. The molecule has 0 aromatic heterocycles. The van der Waals surface area contributed by atoms with Crippen LogP contribution in [0.25, 0.3) is 0 Å². The Labute approximate surface area is 154 Å². The molecule has 0 spiro atoms. The fourth-order valence-electron chi connectivity index (χ4n) is 1.91. The lowest BCUT2D eigenvalue weighted by Crippen LogP contribution is -2.27. The van der Waals surface area contributed by atoms with Crippen molar-refractivity contribution in [3.63, 3.8) is 0 Å². The summed E-state index contributed by atoms with van der Waals surface area (Å²) >= 11 is 6.92. The summed E-state index contributed by atoms with van der Waals surface area (Å²) in [5.41, 5.74) is 1.36. The van der Waals surface area contributed by atoms with E-state index >= 15 is 0 Å². The minimum Gasteiger partial charge on any atom is -0.345 e. The minimum atomic E-state index is -2.85. The molecule has 134 valence electrons. The van der Waals surface area contributed by atoms with E-state index in [9.17, 15) is 9.36 Å². The van der Waals surface area contributed by atoms with E-state index in [0.717, 1.165) is 12.0 Å². The van der Waals surface area contributed by atoms with E-state index in [0.29, 0.717) is 10.6 Å². The maximum atomic E-state index is 13.2. The Morgan fingerprint density at radius 3 is 2.17 bits per heavy atom. The first-order chi connectivity index (χ1) is 11.2. The van der Waals surface area contributed by atoms with Gasteiger partial charge in [-0.3, -0.25) is 14.0 Å². The molecule has 2 atom stereocenters. The Morgan fingerprint density at radius 1 is 1.25 bits per heavy atom. The van der Waals surface area contributed by atoms with Crippen LogP contribution >= 0.6 is 30.2 Å². The van der Waals surface area contributed by atoms with Gasteiger partial charge in [0.05, 0.1) is 0 Å². The van der Waals surface area contributed by atoms with Crippen LogP contribution in [0.2, 0.25) is 0 Å². The fourth-order valence-corrected chi connectivity index (χ4v) is 6.98. The van der Waals surface area contributed by atoms with Crippen LogP contribution in [-0.4, -0.2) is 53.9 Å². The molecule has 1 N–H and O–H groups in total. The van der Waals surface area contributed by atoms with Crippen molar-refractivity contribution in [2.24, 2.45) is 0 Å². The van der Waals surface area contributed by atoms with E-state index in [1.165, 1.54) is 16.3 Å². The lowest BCUT2D eigenvalue weighted by molar-refractivity contribution is 0.0827. The van der Waals surface area contributed by atoms with Crippen molar-refractivity contribution in [2.45, 2.75) is 25.5 Å². The predicted molar refractivity (Wildman–Crippen MR) is 108 cm³/mol. The zero-order valence-electron chi connectivity index (χ0n) is 15.1. The first-order valence-electron chi connectivity index (χ1n) is 7.74. The van der Waals surface area contributed by atoms with Gasteiger partial charge >= 0.3 is 0 Å². The summed E-state index contributed by atoms with van der Waals surface area (Å²) in [7, 11) is 6.86. The molecule has 1 aromatic rings. The van der Waals surface area contributed by atoms with E-state index < -0.39 is 6.65 Å². The molecule has 0 heterocycles. The van der Waals surface area contributed by atoms with Gasteiger partial charge in [-0.05, 0) is 25.6 Å². The van der Waals surface area contributed by atoms with Gasteiger partial charge in [0, 0.05) is 37.5 Å². The van der Waals surface area contributed by atoms with Crippen molar-refractivity contribution in [2.75, 3.05) is 28.2 Å². The maximum Gasteiger partial charge on any atom is 0.293 e. The van der Waals surface area contributed by atoms with Crippen molar-refractivity contribution in [1.82, 2.24) is 14.7 Å². The summed E-state index contributed by atoms with van der Waals surface area (Å²) in [6.45, 7) is 1.27. The number of nitrogens with one attached hydrogen (secondary N) is 1. The Hall–Kier alpha value is -0.880. The van der Waals surface area contributed by atoms with E-state index in [1.807, 2.05) is 6.92 Å². The monoisotopic (exact) mass is 387 g/mol. The molecule has 0 aliphatic carbocycles. The highest BCUT2D eigenvalue weighted by atomic mass is 32.7. The van der Waals surface area contributed by atoms with Gasteiger partial charge in [-0.25, -0.2) is 5.09 Å². The third-order valence-electron chi connectivity index (χ3n) is 3.65. The molecule has 0 aliphatic heterocycles. The lowest BCUT2D eigenvalue weighted by Gasteiger charge is -2.30. The van der Waals surface area contributed by atoms with Crippen LogP contribution in [0.3, 0.4) is 0 Å². The summed E-state index contributed by atoms with van der Waals surface area (Å²) in [6.07, 6.45) is 0.929.